The average Bonchev–Trinajstić information content (AvgIpc) is 2.64. The van der Waals surface area contributed by atoms with E-state index >= 15 is 0 Å². The van der Waals surface area contributed by atoms with Crippen molar-refractivity contribution in [2.45, 2.75) is 71.6 Å². The van der Waals surface area contributed by atoms with Gasteiger partial charge in [0, 0.05) is 12.2 Å². The van der Waals surface area contributed by atoms with Gasteiger partial charge in [-0.25, -0.2) is 9.59 Å². The molecule has 0 saturated heterocycles. The second kappa shape index (κ2) is 21.2. The Hall–Kier alpha value is -1.84. The van der Waals surface area contributed by atoms with Gasteiger partial charge in [-0.3, -0.25) is 0 Å². The number of carbonyl (C=O) groups excluding carboxylic acids is 2. The lowest BCUT2D eigenvalue weighted by molar-refractivity contribution is -0.138. The smallest absolute Gasteiger partial charge is 0.330 e. The van der Waals surface area contributed by atoms with Crippen molar-refractivity contribution in [1.82, 2.24) is 0 Å². The predicted molar refractivity (Wildman–Crippen MR) is 109 cm³/mol. The van der Waals surface area contributed by atoms with Crippen molar-refractivity contribution in [2.75, 3.05) is 13.2 Å². The number of rotatable bonds is 15. The predicted octanol–water partition coefficient (Wildman–Crippen LogP) is 5.78. The minimum absolute atomic E-state index is 0.255. The minimum atomic E-state index is -0.412. The Morgan fingerprint density at radius 1 is 0.769 bits per heavy atom. The van der Waals surface area contributed by atoms with Crippen LogP contribution in [0.1, 0.15) is 71.6 Å². The molecule has 0 aromatic rings. The van der Waals surface area contributed by atoms with Crippen molar-refractivity contribution < 1.29 is 19.1 Å². The molecule has 150 valence electrons. The molecule has 0 aromatic heterocycles. The summed E-state index contributed by atoms with van der Waals surface area (Å²) < 4.78 is 9.38. The molecule has 0 radical (unpaired) electrons. The van der Waals surface area contributed by atoms with Crippen LogP contribution in [-0.2, 0) is 19.1 Å². The van der Waals surface area contributed by atoms with Gasteiger partial charge in [0.2, 0.25) is 0 Å². The van der Waals surface area contributed by atoms with Crippen LogP contribution in [-0.4, -0.2) is 25.2 Å². The van der Waals surface area contributed by atoms with Crippen molar-refractivity contribution in [2.24, 2.45) is 5.92 Å². The number of unbranched alkanes of at least 4 members (excludes halogenated alkanes) is 7. The highest BCUT2D eigenvalue weighted by molar-refractivity contribution is 5.81. The molecule has 26 heavy (non-hydrogen) atoms. The third kappa shape index (κ3) is 24.4. The molecule has 0 aromatic carbocycles. The fourth-order valence-corrected chi connectivity index (χ4v) is 2.15. The molecular formula is C22H38O4. The molecule has 0 amide bonds. The Morgan fingerprint density at radius 2 is 1.23 bits per heavy atom. The summed E-state index contributed by atoms with van der Waals surface area (Å²) in [6, 6.07) is 0. The van der Waals surface area contributed by atoms with Crippen molar-refractivity contribution in [3.63, 3.8) is 0 Å². The van der Waals surface area contributed by atoms with Crippen molar-refractivity contribution in [1.29, 1.82) is 0 Å². The molecule has 0 fully saturated rings. The molecule has 0 bridgehead atoms. The third-order valence-electron chi connectivity index (χ3n) is 3.60. The van der Waals surface area contributed by atoms with Crippen LogP contribution in [0.15, 0.2) is 38.0 Å². The summed E-state index contributed by atoms with van der Waals surface area (Å²) in [5.74, 6) is 0.133. The Labute approximate surface area is 160 Å². The quantitative estimate of drug-likeness (QED) is 0.159. The van der Waals surface area contributed by atoms with Crippen LogP contribution in [0.25, 0.3) is 0 Å². The molecular weight excluding hydrogens is 328 g/mol. The third-order valence-corrected chi connectivity index (χ3v) is 3.60. The first kappa shape index (κ1) is 26.4. The van der Waals surface area contributed by atoms with Gasteiger partial charge >= 0.3 is 11.9 Å². The van der Waals surface area contributed by atoms with Crippen molar-refractivity contribution in [3.05, 3.63) is 38.0 Å². The van der Waals surface area contributed by atoms with E-state index in [9.17, 15) is 9.59 Å². The molecule has 0 unspecified atom stereocenters. The second-order valence-electron chi connectivity index (χ2n) is 6.51. The lowest BCUT2D eigenvalue weighted by Crippen LogP contribution is -2.01. The largest absolute Gasteiger partial charge is 0.463 e. The lowest BCUT2D eigenvalue weighted by Gasteiger charge is -2.04. The number of carbonyl (C=O) groups is 2. The first-order valence-electron chi connectivity index (χ1n) is 9.67. The van der Waals surface area contributed by atoms with Gasteiger partial charge in [0.1, 0.15) is 6.61 Å². The van der Waals surface area contributed by atoms with Crippen molar-refractivity contribution >= 4 is 11.9 Å². The van der Waals surface area contributed by atoms with Crippen LogP contribution >= 0.6 is 0 Å². The summed E-state index contributed by atoms with van der Waals surface area (Å²) in [7, 11) is 0. The summed E-state index contributed by atoms with van der Waals surface area (Å²) in [6.45, 7) is 15.3. The molecule has 0 aliphatic heterocycles. The van der Waals surface area contributed by atoms with E-state index in [1.54, 1.807) is 0 Å². The maximum absolute atomic E-state index is 10.8. The Kier molecular flexibility index (Phi) is 21.5. The van der Waals surface area contributed by atoms with Gasteiger partial charge in [-0.1, -0.05) is 91.0 Å². The number of ether oxygens (including phenoxy) is 2. The highest BCUT2D eigenvalue weighted by Gasteiger charge is 1.97. The Morgan fingerprint density at radius 3 is 1.69 bits per heavy atom. The van der Waals surface area contributed by atoms with Crippen LogP contribution in [0.2, 0.25) is 0 Å². The maximum atomic E-state index is 10.8. The van der Waals surface area contributed by atoms with Crippen LogP contribution in [0.4, 0.5) is 0 Å². The molecule has 0 rings (SSSR count). The summed E-state index contributed by atoms with van der Waals surface area (Å²) >= 11 is 0. The fourth-order valence-electron chi connectivity index (χ4n) is 2.15. The van der Waals surface area contributed by atoms with Crippen LogP contribution in [0, 0.1) is 5.92 Å². The molecule has 0 aliphatic rings. The van der Waals surface area contributed by atoms with Crippen molar-refractivity contribution in [3.8, 4) is 0 Å². The van der Waals surface area contributed by atoms with Crippen LogP contribution < -0.4 is 0 Å². The summed E-state index contributed by atoms with van der Waals surface area (Å²) in [6.07, 6.45) is 15.4. The normalized spacial score (nSPS) is 9.65. The zero-order valence-electron chi connectivity index (χ0n) is 16.8. The van der Waals surface area contributed by atoms with Gasteiger partial charge in [0.25, 0.3) is 0 Å². The van der Waals surface area contributed by atoms with E-state index in [1.807, 2.05) is 0 Å². The van der Waals surface area contributed by atoms with E-state index in [1.165, 1.54) is 57.1 Å². The molecule has 0 aliphatic carbocycles. The molecule has 0 spiro atoms. The molecule has 0 atom stereocenters. The van der Waals surface area contributed by atoms with Crippen LogP contribution in [0.3, 0.4) is 0 Å². The first-order chi connectivity index (χ1) is 12.5. The fraction of sp³-hybridized carbons (Fsp3) is 0.636. The van der Waals surface area contributed by atoms with Crippen LogP contribution in [0.5, 0.6) is 0 Å². The SMILES string of the molecule is C=CC(=O)OCCCCCCCCCCC(C)C.C=CCOC(=O)C=C. The van der Waals surface area contributed by atoms with Gasteiger partial charge in [-0.05, 0) is 12.3 Å². The van der Waals surface area contributed by atoms with E-state index in [2.05, 4.69) is 38.3 Å². The van der Waals surface area contributed by atoms with E-state index < -0.39 is 5.97 Å². The zero-order valence-corrected chi connectivity index (χ0v) is 16.8. The molecule has 0 saturated carbocycles. The average molecular weight is 367 g/mol. The van der Waals surface area contributed by atoms with Gasteiger partial charge < -0.3 is 9.47 Å². The number of esters is 2. The Bertz CT molecular complexity index is 386. The molecule has 4 heteroatoms. The van der Waals surface area contributed by atoms with Gasteiger partial charge in [0.15, 0.2) is 0 Å². The molecule has 0 heterocycles. The second-order valence-corrected chi connectivity index (χ2v) is 6.51. The monoisotopic (exact) mass is 366 g/mol. The Balaban J connectivity index is 0. The summed E-state index contributed by atoms with van der Waals surface area (Å²) in [5, 5.41) is 0. The van der Waals surface area contributed by atoms with Gasteiger partial charge in [-0.15, -0.1) is 0 Å². The standard InChI is InChI=1S/C16H30O2.C6H8O2/c1-4-16(17)18-14-12-10-8-6-5-7-9-11-13-15(2)3;1-3-5-8-6(7)4-2/h4,15H,1,5-14H2,2-3H3;3-4H,1-2,5H2. The highest BCUT2D eigenvalue weighted by atomic mass is 16.5. The topological polar surface area (TPSA) is 52.6 Å². The summed E-state index contributed by atoms with van der Waals surface area (Å²) in [5.41, 5.74) is 0. The van der Waals surface area contributed by atoms with E-state index in [4.69, 9.17) is 4.74 Å². The highest BCUT2D eigenvalue weighted by Crippen LogP contribution is 2.12. The molecule has 0 N–H and O–H groups in total. The van der Waals surface area contributed by atoms with Gasteiger partial charge in [0.05, 0.1) is 6.61 Å². The minimum Gasteiger partial charge on any atom is -0.463 e. The van der Waals surface area contributed by atoms with E-state index in [0.29, 0.717) is 6.61 Å². The number of hydrogen-bond acceptors (Lipinski definition) is 4. The van der Waals surface area contributed by atoms with Gasteiger partial charge in [-0.2, -0.15) is 0 Å². The molecule has 4 nitrogen and oxygen atoms in total. The maximum Gasteiger partial charge on any atom is 0.330 e. The first-order valence-corrected chi connectivity index (χ1v) is 9.67. The zero-order chi connectivity index (χ0) is 20.0. The summed E-state index contributed by atoms with van der Waals surface area (Å²) in [4.78, 5) is 20.9. The lowest BCUT2D eigenvalue weighted by atomic mass is 10.0. The van der Waals surface area contributed by atoms with E-state index in [-0.39, 0.29) is 12.6 Å². The number of hydrogen-bond donors (Lipinski definition) is 0. The van der Waals surface area contributed by atoms with E-state index in [0.717, 1.165) is 24.8 Å².